The van der Waals surface area contributed by atoms with Crippen molar-refractivity contribution in [3.8, 4) is 5.75 Å². The van der Waals surface area contributed by atoms with Crippen LogP contribution in [0.4, 0.5) is 0 Å². The lowest BCUT2D eigenvalue weighted by Crippen LogP contribution is -2.17. The third-order valence-corrected chi connectivity index (χ3v) is 4.09. The Kier molecular flexibility index (Phi) is 9.42. The normalized spacial score (nSPS) is 10.8. The van der Waals surface area contributed by atoms with Crippen molar-refractivity contribution < 1.29 is 9.47 Å². The molecule has 3 nitrogen and oxygen atoms in total. The highest BCUT2D eigenvalue weighted by atomic mass is 35.5. The molecule has 136 valence electrons. The second-order valence-corrected chi connectivity index (χ2v) is 6.46. The van der Waals surface area contributed by atoms with Crippen LogP contribution in [-0.4, -0.2) is 19.8 Å². The molecule has 0 radical (unpaired) electrons. The molecule has 0 heterocycles. The molecule has 0 saturated carbocycles. The molecule has 1 N–H and O–H groups in total. The number of rotatable bonds is 12. The molecule has 25 heavy (non-hydrogen) atoms. The minimum Gasteiger partial charge on any atom is -0.489 e. The van der Waals surface area contributed by atoms with Crippen LogP contribution in [0.2, 0.25) is 5.02 Å². The Labute approximate surface area is 156 Å². The smallest absolute Gasteiger partial charge is 0.124 e. The maximum absolute atomic E-state index is 6.02. The fourth-order valence-corrected chi connectivity index (χ4v) is 2.66. The van der Waals surface area contributed by atoms with Crippen LogP contribution in [0.25, 0.3) is 0 Å². The van der Waals surface area contributed by atoms with Gasteiger partial charge in [0.05, 0.1) is 0 Å². The van der Waals surface area contributed by atoms with Crippen molar-refractivity contribution in [1.29, 1.82) is 0 Å². The number of hydrogen-bond donors (Lipinski definition) is 1. The first kappa shape index (κ1) is 19.8. The molecule has 0 bridgehead atoms. The lowest BCUT2D eigenvalue weighted by atomic mass is 10.2. The Balaban J connectivity index is 1.72. The third kappa shape index (κ3) is 7.91. The van der Waals surface area contributed by atoms with Crippen LogP contribution in [0.15, 0.2) is 48.5 Å². The van der Waals surface area contributed by atoms with E-state index >= 15 is 0 Å². The Morgan fingerprint density at radius 2 is 1.84 bits per heavy atom. The van der Waals surface area contributed by atoms with E-state index in [0.29, 0.717) is 6.61 Å². The summed E-state index contributed by atoms with van der Waals surface area (Å²) < 4.78 is 11.5. The number of para-hydroxylation sites is 1. The molecule has 0 spiro atoms. The maximum atomic E-state index is 6.02. The van der Waals surface area contributed by atoms with Gasteiger partial charge in [0, 0.05) is 30.3 Å². The summed E-state index contributed by atoms with van der Waals surface area (Å²) in [7, 11) is 0. The monoisotopic (exact) mass is 361 g/mol. The summed E-state index contributed by atoms with van der Waals surface area (Å²) in [6, 6.07) is 15.9. The lowest BCUT2D eigenvalue weighted by molar-refractivity contribution is 0.128. The average molecular weight is 362 g/mol. The summed E-state index contributed by atoms with van der Waals surface area (Å²) >= 11 is 6.02. The van der Waals surface area contributed by atoms with Crippen molar-refractivity contribution in [3.63, 3.8) is 0 Å². The van der Waals surface area contributed by atoms with Crippen LogP contribution in [-0.2, 0) is 17.9 Å². The van der Waals surface area contributed by atoms with E-state index < -0.39 is 0 Å². The summed E-state index contributed by atoms with van der Waals surface area (Å²) in [5.74, 6) is 0.911. The third-order valence-electron chi connectivity index (χ3n) is 3.86. The minimum atomic E-state index is 0.517. The second kappa shape index (κ2) is 11.9. The predicted octanol–water partition coefficient (Wildman–Crippen LogP) is 5.22. The van der Waals surface area contributed by atoms with Gasteiger partial charge in [-0.25, -0.2) is 0 Å². The van der Waals surface area contributed by atoms with E-state index in [1.165, 1.54) is 6.42 Å². The maximum Gasteiger partial charge on any atom is 0.124 e. The molecule has 0 aliphatic heterocycles. The van der Waals surface area contributed by atoms with Gasteiger partial charge in [0.15, 0.2) is 0 Å². The van der Waals surface area contributed by atoms with Crippen LogP contribution in [0.5, 0.6) is 5.75 Å². The van der Waals surface area contributed by atoms with E-state index in [9.17, 15) is 0 Å². The number of ether oxygens (including phenoxy) is 2. The molecule has 0 aromatic heterocycles. The van der Waals surface area contributed by atoms with Gasteiger partial charge in [-0.3, -0.25) is 0 Å². The molecule has 0 unspecified atom stereocenters. The van der Waals surface area contributed by atoms with Gasteiger partial charge in [0.25, 0.3) is 0 Å². The van der Waals surface area contributed by atoms with Gasteiger partial charge in [-0.2, -0.15) is 0 Å². The number of halogens is 1. The topological polar surface area (TPSA) is 30.5 Å². The molecule has 2 rings (SSSR count). The van der Waals surface area contributed by atoms with Gasteiger partial charge < -0.3 is 14.8 Å². The zero-order chi connectivity index (χ0) is 17.7. The van der Waals surface area contributed by atoms with E-state index in [1.807, 2.05) is 42.5 Å². The molecule has 0 fully saturated rings. The first-order valence-electron chi connectivity index (χ1n) is 9.03. The molecule has 4 heteroatoms. The number of hydrogen-bond acceptors (Lipinski definition) is 3. The molecule has 0 atom stereocenters. The number of nitrogens with one attached hydrogen (secondary N) is 1. The van der Waals surface area contributed by atoms with Crippen molar-refractivity contribution in [2.24, 2.45) is 0 Å². The molecule has 0 saturated heterocycles. The predicted molar refractivity (Wildman–Crippen MR) is 104 cm³/mol. The van der Waals surface area contributed by atoms with Crippen molar-refractivity contribution in [2.45, 2.75) is 39.3 Å². The van der Waals surface area contributed by atoms with Crippen LogP contribution in [0.3, 0.4) is 0 Å². The Morgan fingerprint density at radius 1 is 1.00 bits per heavy atom. The van der Waals surface area contributed by atoms with Crippen LogP contribution in [0.1, 0.15) is 37.3 Å². The van der Waals surface area contributed by atoms with E-state index in [0.717, 1.165) is 61.0 Å². The first-order chi connectivity index (χ1) is 12.3. The molecule has 0 aliphatic carbocycles. The Morgan fingerprint density at radius 3 is 2.68 bits per heavy atom. The highest BCUT2D eigenvalue weighted by Gasteiger charge is 2.03. The highest BCUT2D eigenvalue weighted by molar-refractivity contribution is 6.30. The van der Waals surface area contributed by atoms with E-state index in [2.05, 4.69) is 18.3 Å². The van der Waals surface area contributed by atoms with E-state index in [-0.39, 0.29) is 0 Å². The standard InChI is InChI=1S/C21H28ClNO2/c1-2-3-13-24-14-7-12-23-16-19-9-4-5-11-21(19)25-17-18-8-6-10-20(22)15-18/h4-6,8-11,15,23H,2-3,7,12-14,16-17H2,1H3. The molecule has 0 amide bonds. The van der Waals surface area contributed by atoms with Gasteiger partial charge in [-0.15, -0.1) is 0 Å². The molecule has 0 aliphatic rings. The van der Waals surface area contributed by atoms with Gasteiger partial charge >= 0.3 is 0 Å². The minimum absolute atomic E-state index is 0.517. The SMILES string of the molecule is CCCCOCCCNCc1ccccc1OCc1cccc(Cl)c1. The van der Waals surface area contributed by atoms with E-state index in [4.69, 9.17) is 21.1 Å². The summed E-state index contributed by atoms with van der Waals surface area (Å²) in [5, 5.41) is 4.19. The summed E-state index contributed by atoms with van der Waals surface area (Å²) in [6.45, 7) is 6.12. The summed E-state index contributed by atoms with van der Waals surface area (Å²) in [5.41, 5.74) is 2.23. The van der Waals surface area contributed by atoms with Crippen LogP contribution in [0, 0.1) is 0 Å². The largest absolute Gasteiger partial charge is 0.489 e. The van der Waals surface area contributed by atoms with Crippen LogP contribution < -0.4 is 10.1 Å². The molecule has 2 aromatic rings. The highest BCUT2D eigenvalue weighted by Crippen LogP contribution is 2.20. The van der Waals surface area contributed by atoms with Crippen molar-refractivity contribution in [3.05, 3.63) is 64.7 Å². The van der Waals surface area contributed by atoms with Crippen molar-refractivity contribution >= 4 is 11.6 Å². The van der Waals surface area contributed by atoms with Crippen molar-refractivity contribution in [2.75, 3.05) is 19.8 Å². The van der Waals surface area contributed by atoms with Gasteiger partial charge in [0.2, 0.25) is 0 Å². The summed E-state index contributed by atoms with van der Waals surface area (Å²) in [6.07, 6.45) is 3.35. The molecular formula is C21H28ClNO2. The van der Waals surface area contributed by atoms with Gasteiger partial charge in [0.1, 0.15) is 12.4 Å². The Bertz CT molecular complexity index is 618. The Hall–Kier alpha value is -1.55. The van der Waals surface area contributed by atoms with E-state index in [1.54, 1.807) is 0 Å². The van der Waals surface area contributed by atoms with Gasteiger partial charge in [-0.1, -0.05) is 55.3 Å². The molecule has 2 aromatic carbocycles. The number of unbranched alkanes of at least 4 members (excludes halogenated alkanes) is 1. The van der Waals surface area contributed by atoms with Crippen LogP contribution >= 0.6 is 11.6 Å². The molecular weight excluding hydrogens is 334 g/mol. The summed E-state index contributed by atoms with van der Waals surface area (Å²) in [4.78, 5) is 0. The quantitative estimate of drug-likeness (QED) is 0.526. The van der Waals surface area contributed by atoms with Crippen molar-refractivity contribution in [1.82, 2.24) is 5.32 Å². The zero-order valence-corrected chi connectivity index (χ0v) is 15.7. The zero-order valence-electron chi connectivity index (χ0n) is 15.0. The van der Waals surface area contributed by atoms with Gasteiger partial charge in [-0.05, 0) is 43.1 Å². The second-order valence-electron chi connectivity index (χ2n) is 6.02. The fraction of sp³-hybridized carbons (Fsp3) is 0.429. The average Bonchev–Trinajstić information content (AvgIpc) is 2.63. The fourth-order valence-electron chi connectivity index (χ4n) is 2.45. The lowest BCUT2D eigenvalue weighted by Gasteiger charge is -2.12. The number of benzene rings is 2. The first-order valence-corrected chi connectivity index (χ1v) is 9.41.